The maximum Gasteiger partial charge on any atom is 0.238 e. The van der Waals surface area contributed by atoms with E-state index in [1.807, 2.05) is 71.4 Å². The highest BCUT2D eigenvalue weighted by Crippen LogP contribution is 2.36. The number of aromatic nitrogens is 2. The van der Waals surface area contributed by atoms with Crippen LogP contribution in [0, 0.1) is 0 Å². The molecular weight excluding hydrogens is 330 g/mol. The zero-order chi connectivity index (χ0) is 17.1. The van der Waals surface area contributed by atoms with Crippen LogP contribution in [0.25, 0.3) is 5.69 Å². The van der Waals surface area contributed by atoms with Gasteiger partial charge in [-0.05, 0) is 30.5 Å². The van der Waals surface area contributed by atoms with Crippen molar-refractivity contribution in [3.05, 3.63) is 78.6 Å². The molecule has 25 heavy (non-hydrogen) atoms. The summed E-state index contributed by atoms with van der Waals surface area (Å²) in [7, 11) is 0. The van der Waals surface area contributed by atoms with Crippen molar-refractivity contribution in [3.8, 4) is 5.69 Å². The molecule has 0 spiro atoms. The quantitative estimate of drug-likeness (QED) is 0.685. The molecule has 1 saturated carbocycles. The summed E-state index contributed by atoms with van der Waals surface area (Å²) in [6, 6.07) is 20.3. The van der Waals surface area contributed by atoms with Crippen molar-refractivity contribution in [2.24, 2.45) is 0 Å². The number of hydrogen-bond acceptors (Lipinski definition) is 3. The fourth-order valence-corrected chi connectivity index (χ4v) is 3.75. The van der Waals surface area contributed by atoms with E-state index in [-0.39, 0.29) is 11.2 Å². The minimum atomic E-state index is -0.313. The summed E-state index contributed by atoms with van der Waals surface area (Å²) in [6.07, 6.45) is 5.86. The van der Waals surface area contributed by atoms with Crippen molar-refractivity contribution in [1.29, 1.82) is 0 Å². The molecule has 1 aromatic heterocycles. The third-order valence-electron chi connectivity index (χ3n) is 4.13. The van der Waals surface area contributed by atoms with E-state index in [4.69, 9.17) is 0 Å². The topological polar surface area (TPSA) is 46.9 Å². The number of carbonyl (C=O) groups is 1. The number of hydrogen-bond donors (Lipinski definition) is 1. The van der Waals surface area contributed by atoms with Crippen molar-refractivity contribution in [2.45, 2.75) is 29.3 Å². The van der Waals surface area contributed by atoms with Crippen LogP contribution in [-0.4, -0.2) is 21.5 Å². The lowest BCUT2D eigenvalue weighted by molar-refractivity contribution is -0.120. The summed E-state index contributed by atoms with van der Waals surface area (Å²) in [5.41, 5.74) is 2.03. The van der Waals surface area contributed by atoms with Gasteiger partial charge in [0.15, 0.2) is 5.16 Å². The smallest absolute Gasteiger partial charge is 0.238 e. The van der Waals surface area contributed by atoms with Gasteiger partial charge in [0.05, 0.1) is 0 Å². The van der Waals surface area contributed by atoms with Crippen LogP contribution >= 0.6 is 11.8 Å². The van der Waals surface area contributed by atoms with Crippen LogP contribution in [0.1, 0.15) is 23.7 Å². The van der Waals surface area contributed by atoms with Crippen molar-refractivity contribution < 1.29 is 4.79 Å². The Morgan fingerprint density at radius 1 is 1.08 bits per heavy atom. The minimum Gasteiger partial charge on any atom is -0.352 e. The second-order valence-corrected chi connectivity index (χ2v) is 7.18. The van der Waals surface area contributed by atoms with E-state index in [9.17, 15) is 4.79 Å². The van der Waals surface area contributed by atoms with Crippen molar-refractivity contribution >= 4 is 17.7 Å². The molecule has 0 bridgehead atoms. The largest absolute Gasteiger partial charge is 0.352 e. The molecule has 126 valence electrons. The van der Waals surface area contributed by atoms with Crippen LogP contribution in [0.15, 0.2) is 78.2 Å². The standard InChI is InChI=1S/C20H19N3OS/c24-19(22-16-11-12-16)18(15-7-3-1-4-8-15)25-20-21-13-14-23(20)17-9-5-2-6-10-17/h1-10,13-14,16,18H,11-12H2,(H,22,24)/t18-/m0/s1. The summed E-state index contributed by atoms with van der Waals surface area (Å²) < 4.78 is 2.02. The van der Waals surface area contributed by atoms with E-state index in [1.165, 1.54) is 11.8 Å². The second kappa shape index (κ2) is 7.15. The fraction of sp³-hybridized carbons (Fsp3) is 0.200. The summed E-state index contributed by atoms with van der Waals surface area (Å²) in [6.45, 7) is 0. The van der Waals surface area contributed by atoms with Crippen LogP contribution in [0.5, 0.6) is 0 Å². The lowest BCUT2D eigenvalue weighted by Crippen LogP contribution is -2.29. The molecule has 2 aromatic carbocycles. The Labute approximate surface area is 151 Å². The number of benzene rings is 2. The molecule has 1 atom stereocenters. The van der Waals surface area contributed by atoms with Crippen molar-refractivity contribution in [3.63, 3.8) is 0 Å². The van der Waals surface area contributed by atoms with Gasteiger partial charge in [0.2, 0.25) is 5.91 Å². The highest BCUT2D eigenvalue weighted by Gasteiger charge is 2.30. The van der Waals surface area contributed by atoms with Crippen LogP contribution in [0.4, 0.5) is 0 Å². The molecule has 1 heterocycles. The predicted octanol–water partition coefficient (Wildman–Crippen LogP) is 3.98. The number of amides is 1. The Kier molecular flexibility index (Phi) is 4.57. The Hall–Kier alpha value is -2.53. The van der Waals surface area contributed by atoms with E-state index < -0.39 is 0 Å². The maximum atomic E-state index is 12.8. The summed E-state index contributed by atoms with van der Waals surface area (Å²) >= 11 is 1.49. The first-order valence-electron chi connectivity index (χ1n) is 8.42. The first-order chi connectivity index (χ1) is 12.3. The van der Waals surface area contributed by atoms with Crippen molar-refractivity contribution in [1.82, 2.24) is 14.9 Å². The molecule has 1 amide bonds. The zero-order valence-corrected chi connectivity index (χ0v) is 14.5. The predicted molar refractivity (Wildman–Crippen MR) is 99.8 cm³/mol. The SMILES string of the molecule is O=C(NC1CC1)[C@@H](Sc1nccn1-c1ccccc1)c1ccccc1. The Bertz CT molecular complexity index is 844. The maximum absolute atomic E-state index is 12.8. The summed E-state index contributed by atoms with van der Waals surface area (Å²) in [5.74, 6) is 0.0568. The van der Waals surface area contributed by atoms with Gasteiger partial charge >= 0.3 is 0 Å². The van der Waals surface area contributed by atoms with E-state index in [2.05, 4.69) is 10.3 Å². The van der Waals surface area contributed by atoms with Crippen LogP contribution < -0.4 is 5.32 Å². The normalized spacial score (nSPS) is 14.9. The summed E-state index contributed by atoms with van der Waals surface area (Å²) in [5, 5.41) is 3.63. The molecule has 1 aliphatic carbocycles. The summed E-state index contributed by atoms with van der Waals surface area (Å²) in [4.78, 5) is 17.3. The first kappa shape index (κ1) is 16.0. The zero-order valence-electron chi connectivity index (χ0n) is 13.7. The monoisotopic (exact) mass is 349 g/mol. The molecule has 0 saturated heterocycles. The Morgan fingerprint density at radius 2 is 1.76 bits per heavy atom. The Morgan fingerprint density at radius 3 is 2.44 bits per heavy atom. The molecule has 3 aromatic rings. The highest BCUT2D eigenvalue weighted by atomic mass is 32.2. The lowest BCUT2D eigenvalue weighted by Gasteiger charge is -2.17. The van der Waals surface area contributed by atoms with Gasteiger partial charge in [-0.1, -0.05) is 60.3 Å². The van der Waals surface area contributed by atoms with E-state index >= 15 is 0 Å². The van der Waals surface area contributed by atoms with E-state index in [0.29, 0.717) is 6.04 Å². The van der Waals surface area contributed by atoms with Gasteiger partial charge in [-0.15, -0.1) is 0 Å². The van der Waals surface area contributed by atoms with Gasteiger partial charge in [0.25, 0.3) is 0 Å². The highest BCUT2D eigenvalue weighted by molar-refractivity contribution is 8.00. The van der Waals surface area contributed by atoms with Gasteiger partial charge in [-0.3, -0.25) is 9.36 Å². The molecule has 5 heteroatoms. The third kappa shape index (κ3) is 3.77. The molecule has 1 fully saturated rings. The van der Waals surface area contributed by atoms with Crippen LogP contribution in [0.3, 0.4) is 0 Å². The van der Waals surface area contributed by atoms with E-state index in [0.717, 1.165) is 29.2 Å². The number of imidazole rings is 1. The van der Waals surface area contributed by atoms with E-state index in [1.54, 1.807) is 6.20 Å². The van der Waals surface area contributed by atoms with Gasteiger partial charge in [-0.2, -0.15) is 0 Å². The average molecular weight is 349 g/mol. The average Bonchev–Trinajstić information content (AvgIpc) is 3.35. The molecule has 0 radical (unpaired) electrons. The molecule has 0 unspecified atom stereocenters. The van der Waals surface area contributed by atoms with Crippen LogP contribution in [-0.2, 0) is 4.79 Å². The number of thioether (sulfide) groups is 1. The van der Waals surface area contributed by atoms with Gasteiger partial charge < -0.3 is 5.32 Å². The lowest BCUT2D eigenvalue weighted by atomic mass is 10.1. The first-order valence-corrected chi connectivity index (χ1v) is 9.30. The van der Waals surface area contributed by atoms with Crippen molar-refractivity contribution in [2.75, 3.05) is 0 Å². The minimum absolute atomic E-state index is 0.0568. The molecule has 1 N–H and O–H groups in total. The number of carbonyl (C=O) groups excluding carboxylic acids is 1. The van der Waals surface area contributed by atoms with Gasteiger partial charge in [0.1, 0.15) is 5.25 Å². The van der Waals surface area contributed by atoms with Crippen LogP contribution in [0.2, 0.25) is 0 Å². The fourth-order valence-electron chi connectivity index (χ4n) is 2.67. The molecule has 0 aliphatic heterocycles. The van der Waals surface area contributed by atoms with Gasteiger partial charge in [0, 0.05) is 24.1 Å². The number of nitrogens with zero attached hydrogens (tertiary/aromatic N) is 2. The third-order valence-corrected chi connectivity index (χ3v) is 5.36. The number of rotatable bonds is 6. The molecular formula is C20H19N3OS. The number of para-hydroxylation sites is 1. The molecule has 4 rings (SSSR count). The number of nitrogens with one attached hydrogen (secondary N) is 1. The second-order valence-electron chi connectivity index (χ2n) is 6.11. The Balaban J connectivity index is 1.63. The van der Waals surface area contributed by atoms with Gasteiger partial charge in [-0.25, -0.2) is 4.98 Å². The molecule has 1 aliphatic rings. The molecule has 4 nitrogen and oxygen atoms in total.